The van der Waals surface area contributed by atoms with Gasteiger partial charge in [-0.2, -0.15) is 13.2 Å². The molecule has 1 heterocycles. The zero-order valence-electron chi connectivity index (χ0n) is 20.9. The molecule has 0 saturated heterocycles. The predicted octanol–water partition coefficient (Wildman–Crippen LogP) is 6.35. The van der Waals surface area contributed by atoms with E-state index in [4.69, 9.17) is 4.74 Å². The van der Waals surface area contributed by atoms with Crippen LogP contribution >= 0.6 is 11.3 Å². The van der Waals surface area contributed by atoms with Crippen molar-refractivity contribution in [1.29, 1.82) is 0 Å². The molecular weight excluding hydrogens is 511 g/mol. The van der Waals surface area contributed by atoms with E-state index >= 15 is 0 Å². The van der Waals surface area contributed by atoms with E-state index in [1.165, 1.54) is 23.5 Å². The van der Waals surface area contributed by atoms with E-state index in [9.17, 15) is 18.0 Å². The highest BCUT2D eigenvalue weighted by molar-refractivity contribution is 7.09. The monoisotopic (exact) mass is 539 g/mol. The van der Waals surface area contributed by atoms with Gasteiger partial charge in [-0.25, -0.2) is 4.98 Å². The van der Waals surface area contributed by atoms with Crippen molar-refractivity contribution in [2.75, 3.05) is 13.7 Å². The van der Waals surface area contributed by atoms with Gasteiger partial charge in [-0.3, -0.25) is 9.69 Å². The standard InChI is InChI=1S/C29H28F3N3O2S/c1-37-25-12-10-22(11-13-25)17-35(18-23-8-5-9-24(16-23)29(30,31)32)19-27-34-26(20-38-27)28(36)33-15-14-21-6-3-2-4-7-21/h2-13,16,20H,14-15,17-19H2,1H3,(H,33,36). The van der Waals surface area contributed by atoms with Gasteiger partial charge in [0.15, 0.2) is 0 Å². The Kier molecular flexibility index (Phi) is 9.15. The van der Waals surface area contributed by atoms with E-state index < -0.39 is 11.7 Å². The van der Waals surface area contributed by atoms with Crippen molar-refractivity contribution in [3.63, 3.8) is 0 Å². The Hall–Kier alpha value is -3.69. The number of hydrogen-bond donors (Lipinski definition) is 1. The zero-order chi connectivity index (χ0) is 27.0. The molecule has 0 atom stereocenters. The van der Waals surface area contributed by atoms with Crippen LogP contribution in [0.25, 0.3) is 0 Å². The van der Waals surface area contributed by atoms with Gasteiger partial charge in [-0.15, -0.1) is 11.3 Å². The largest absolute Gasteiger partial charge is 0.497 e. The molecule has 3 aromatic carbocycles. The third-order valence-corrected chi connectivity index (χ3v) is 6.74. The van der Waals surface area contributed by atoms with Crippen molar-refractivity contribution in [3.8, 4) is 5.75 Å². The fourth-order valence-corrected chi connectivity index (χ4v) is 4.81. The Morgan fingerprint density at radius 1 is 0.921 bits per heavy atom. The van der Waals surface area contributed by atoms with Crippen molar-refractivity contribution in [2.24, 2.45) is 0 Å². The Labute approximate surface area is 223 Å². The normalized spacial score (nSPS) is 11.5. The number of carbonyl (C=O) groups is 1. The van der Waals surface area contributed by atoms with Gasteiger partial charge < -0.3 is 10.1 Å². The molecule has 1 amide bonds. The number of nitrogens with one attached hydrogen (secondary N) is 1. The highest BCUT2D eigenvalue weighted by atomic mass is 32.1. The number of hydrogen-bond acceptors (Lipinski definition) is 5. The molecule has 1 N–H and O–H groups in total. The summed E-state index contributed by atoms with van der Waals surface area (Å²) in [6.45, 7) is 1.64. The molecule has 5 nitrogen and oxygen atoms in total. The first-order valence-corrected chi connectivity index (χ1v) is 13.0. The van der Waals surface area contributed by atoms with Crippen LogP contribution in [-0.4, -0.2) is 29.4 Å². The number of nitrogens with zero attached hydrogens (tertiary/aromatic N) is 2. The molecule has 0 aliphatic carbocycles. The van der Waals surface area contributed by atoms with Crippen LogP contribution in [-0.2, 0) is 32.2 Å². The molecule has 0 aliphatic rings. The van der Waals surface area contributed by atoms with Crippen LogP contribution in [0.4, 0.5) is 13.2 Å². The Balaban J connectivity index is 1.44. The molecule has 4 aromatic rings. The van der Waals surface area contributed by atoms with E-state index in [2.05, 4.69) is 10.3 Å². The van der Waals surface area contributed by atoms with Crippen LogP contribution in [0, 0.1) is 0 Å². The minimum Gasteiger partial charge on any atom is -0.497 e. The number of alkyl halides is 3. The predicted molar refractivity (Wildman–Crippen MR) is 142 cm³/mol. The van der Waals surface area contributed by atoms with Crippen molar-refractivity contribution in [1.82, 2.24) is 15.2 Å². The number of benzene rings is 3. The molecule has 0 radical (unpaired) electrons. The van der Waals surface area contributed by atoms with Crippen molar-refractivity contribution in [3.05, 3.63) is 117 Å². The molecule has 0 fully saturated rings. The van der Waals surface area contributed by atoms with Crippen LogP contribution in [0.2, 0.25) is 0 Å². The lowest BCUT2D eigenvalue weighted by Crippen LogP contribution is -2.26. The van der Waals surface area contributed by atoms with Crippen LogP contribution in [0.15, 0.2) is 84.2 Å². The molecule has 198 valence electrons. The summed E-state index contributed by atoms with van der Waals surface area (Å²) in [4.78, 5) is 19.1. The minimum atomic E-state index is -4.41. The van der Waals surface area contributed by atoms with E-state index in [0.717, 1.165) is 29.4 Å². The molecule has 1 aromatic heterocycles. The second kappa shape index (κ2) is 12.7. The Morgan fingerprint density at radius 3 is 2.34 bits per heavy atom. The van der Waals surface area contributed by atoms with Crippen LogP contribution < -0.4 is 10.1 Å². The maximum atomic E-state index is 13.3. The molecule has 0 spiro atoms. The minimum absolute atomic E-state index is 0.247. The summed E-state index contributed by atoms with van der Waals surface area (Å²) in [6, 6.07) is 22.8. The highest BCUT2D eigenvalue weighted by Crippen LogP contribution is 2.30. The van der Waals surface area contributed by atoms with Gasteiger partial charge >= 0.3 is 6.18 Å². The van der Waals surface area contributed by atoms with Crippen LogP contribution in [0.5, 0.6) is 5.75 Å². The second-order valence-corrected chi connectivity index (χ2v) is 9.75. The Bertz CT molecular complexity index is 1320. The summed E-state index contributed by atoms with van der Waals surface area (Å²) >= 11 is 1.36. The summed E-state index contributed by atoms with van der Waals surface area (Å²) in [5, 5.41) is 5.32. The van der Waals surface area contributed by atoms with Crippen LogP contribution in [0.1, 0.15) is 37.7 Å². The van der Waals surface area contributed by atoms with Crippen molar-refractivity contribution >= 4 is 17.2 Å². The lowest BCUT2D eigenvalue weighted by Gasteiger charge is -2.22. The number of aromatic nitrogens is 1. The Morgan fingerprint density at radius 2 is 1.63 bits per heavy atom. The number of halogens is 3. The second-order valence-electron chi connectivity index (χ2n) is 8.81. The summed E-state index contributed by atoms with van der Waals surface area (Å²) in [6.07, 6.45) is -3.69. The average Bonchev–Trinajstić information content (AvgIpc) is 3.38. The number of ether oxygens (including phenoxy) is 1. The maximum absolute atomic E-state index is 13.3. The van der Waals surface area contributed by atoms with Gasteiger partial charge in [0.05, 0.1) is 19.2 Å². The van der Waals surface area contributed by atoms with Crippen molar-refractivity contribution < 1.29 is 22.7 Å². The molecule has 0 saturated carbocycles. The van der Waals surface area contributed by atoms with Gasteiger partial charge in [0.25, 0.3) is 5.91 Å². The first-order chi connectivity index (χ1) is 18.3. The van der Waals surface area contributed by atoms with Crippen LogP contribution in [0.3, 0.4) is 0 Å². The third kappa shape index (κ3) is 7.90. The third-order valence-electron chi connectivity index (χ3n) is 5.91. The van der Waals surface area contributed by atoms with E-state index in [-0.39, 0.29) is 12.5 Å². The summed E-state index contributed by atoms with van der Waals surface area (Å²) in [7, 11) is 1.59. The summed E-state index contributed by atoms with van der Waals surface area (Å²) in [5.41, 5.74) is 2.32. The SMILES string of the molecule is COc1ccc(CN(Cc2cccc(C(F)(F)F)c2)Cc2nc(C(=O)NCCc3ccccc3)cs2)cc1. The number of rotatable bonds is 11. The molecule has 0 bridgehead atoms. The number of amides is 1. The molecule has 38 heavy (non-hydrogen) atoms. The maximum Gasteiger partial charge on any atom is 0.416 e. The molecule has 9 heteroatoms. The quantitative estimate of drug-likeness (QED) is 0.242. The fourth-order valence-electron chi connectivity index (χ4n) is 4.00. The molecule has 0 aliphatic heterocycles. The summed E-state index contributed by atoms with van der Waals surface area (Å²) in [5.74, 6) is 0.476. The first kappa shape index (κ1) is 27.3. The van der Waals surface area contributed by atoms with Gasteiger partial charge in [-0.1, -0.05) is 60.7 Å². The molecule has 4 rings (SSSR count). The average molecular weight is 540 g/mol. The molecular formula is C29H28F3N3O2S. The summed E-state index contributed by atoms with van der Waals surface area (Å²) < 4.78 is 45.0. The first-order valence-electron chi connectivity index (χ1n) is 12.1. The van der Waals surface area contributed by atoms with E-state index in [0.29, 0.717) is 35.9 Å². The number of carbonyl (C=O) groups excluding carboxylic acids is 1. The molecule has 0 unspecified atom stereocenters. The topological polar surface area (TPSA) is 54.5 Å². The number of thiazole rings is 1. The smallest absolute Gasteiger partial charge is 0.416 e. The lowest BCUT2D eigenvalue weighted by molar-refractivity contribution is -0.137. The van der Waals surface area contributed by atoms with Gasteiger partial charge in [0, 0.05) is 25.0 Å². The van der Waals surface area contributed by atoms with Gasteiger partial charge in [-0.05, 0) is 41.3 Å². The zero-order valence-corrected chi connectivity index (χ0v) is 21.7. The number of methoxy groups -OCH3 is 1. The van der Waals surface area contributed by atoms with Crippen molar-refractivity contribution in [2.45, 2.75) is 32.2 Å². The fraction of sp³-hybridized carbons (Fsp3) is 0.241. The lowest BCUT2D eigenvalue weighted by atomic mass is 10.1. The van der Waals surface area contributed by atoms with Gasteiger partial charge in [0.1, 0.15) is 16.5 Å². The van der Waals surface area contributed by atoms with E-state index in [1.54, 1.807) is 18.6 Å². The highest BCUT2D eigenvalue weighted by Gasteiger charge is 2.30. The van der Waals surface area contributed by atoms with E-state index in [1.807, 2.05) is 59.5 Å². The van der Waals surface area contributed by atoms with Gasteiger partial charge in [0.2, 0.25) is 0 Å².